The second-order valence-electron chi connectivity index (χ2n) is 5.19. The van der Waals surface area contributed by atoms with E-state index in [1.54, 1.807) is 10.7 Å². The number of hydrogen-bond donors (Lipinski definition) is 0. The van der Waals surface area contributed by atoms with E-state index in [0.29, 0.717) is 6.61 Å². The third-order valence-corrected chi connectivity index (χ3v) is 4.44. The standard InChI is InChI=1S/C17H16IN3O2/c1-3-23-17(22)11(2)12-4-6-13(7-5-12)14-8-16-19-10-15(18)21(16)20-9-14/h4-11H,3H2,1-2H3. The number of ether oxygens (including phenoxy) is 1. The molecule has 118 valence electrons. The number of halogens is 1. The summed E-state index contributed by atoms with van der Waals surface area (Å²) in [4.78, 5) is 16.1. The molecule has 1 aromatic carbocycles. The van der Waals surface area contributed by atoms with Crippen molar-refractivity contribution < 1.29 is 9.53 Å². The number of fused-ring (bicyclic) bond motifs is 1. The van der Waals surface area contributed by atoms with Crippen LogP contribution in [0.5, 0.6) is 0 Å². The minimum Gasteiger partial charge on any atom is -0.466 e. The van der Waals surface area contributed by atoms with E-state index in [0.717, 1.165) is 26.0 Å². The number of imidazole rings is 1. The van der Waals surface area contributed by atoms with Gasteiger partial charge in [0.2, 0.25) is 0 Å². The van der Waals surface area contributed by atoms with Gasteiger partial charge in [-0.15, -0.1) is 0 Å². The van der Waals surface area contributed by atoms with E-state index in [4.69, 9.17) is 4.74 Å². The van der Waals surface area contributed by atoms with Gasteiger partial charge in [0, 0.05) is 5.56 Å². The summed E-state index contributed by atoms with van der Waals surface area (Å²) in [6, 6.07) is 9.89. The minimum absolute atomic E-state index is 0.199. The number of aromatic nitrogens is 3. The van der Waals surface area contributed by atoms with Gasteiger partial charge >= 0.3 is 5.97 Å². The smallest absolute Gasteiger partial charge is 0.313 e. The number of esters is 1. The van der Waals surface area contributed by atoms with Crippen molar-refractivity contribution in [2.24, 2.45) is 0 Å². The lowest BCUT2D eigenvalue weighted by Crippen LogP contribution is -2.12. The van der Waals surface area contributed by atoms with E-state index in [-0.39, 0.29) is 11.9 Å². The molecule has 0 saturated heterocycles. The van der Waals surface area contributed by atoms with Crippen molar-refractivity contribution in [3.8, 4) is 11.1 Å². The van der Waals surface area contributed by atoms with Crippen molar-refractivity contribution in [1.29, 1.82) is 0 Å². The summed E-state index contributed by atoms with van der Waals surface area (Å²) in [5.41, 5.74) is 3.79. The summed E-state index contributed by atoms with van der Waals surface area (Å²) in [6.07, 6.45) is 3.61. The average molecular weight is 421 g/mol. The zero-order chi connectivity index (χ0) is 16.4. The van der Waals surface area contributed by atoms with Crippen molar-refractivity contribution in [1.82, 2.24) is 14.6 Å². The molecule has 2 heterocycles. The van der Waals surface area contributed by atoms with E-state index < -0.39 is 0 Å². The normalized spacial score (nSPS) is 12.3. The highest BCUT2D eigenvalue weighted by Crippen LogP contribution is 2.24. The Bertz CT molecular complexity index is 843. The summed E-state index contributed by atoms with van der Waals surface area (Å²) in [6.45, 7) is 4.07. The summed E-state index contributed by atoms with van der Waals surface area (Å²) in [5.74, 6) is -0.464. The van der Waals surface area contributed by atoms with Crippen LogP contribution in [0.2, 0.25) is 0 Å². The maximum Gasteiger partial charge on any atom is 0.313 e. The summed E-state index contributed by atoms with van der Waals surface area (Å²) >= 11 is 2.20. The fourth-order valence-electron chi connectivity index (χ4n) is 2.37. The van der Waals surface area contributed by atoms with Crippen molar-refractivity contribution in [3.05, 3.63) is 52.0 Å². The minimum atomic E-state index is -0.265. The average Bonchev–Trinajstić information content (AvgIpc) is 2.95. The van der Waals surface area contributed by atoms with Crippen LogP contribution in [0.1, 0.15) is 25.3 Å². The van der Waals surface area contributed by atoms with E-state index in [9.17, 15) is 4.79 Å². The first-order chi connectivity index (χ1) is 11.1. The molecular weight excluding hydrogens is 405 g/mol. The number of carbonyl (C=O) groups excluding carboxylic acids is 1. The zero-order valence-corrected chi connectivity index (χ0v) is 15.0. The van der Waals surface area contributed by atoms with Crippen molar-refractivity contribution in [2.45, 2.75) is 19.8 Å². The summed E-state index contributed by atoms with van der Waals surface area (Å²) < 4.78 is 7.83. The molecule has 6 heteroatoms. The third kappa shape index (κ3) is 3.21. The molecule has 1 unspecified atom stereocenters. The van der Waals surface area contributed by atoms with Gasteiger partial charge in [-0.2, -0.15) is 5.10 Å². The Morgan fingerprint density at radius 1 is 1.26 bits per heavy atom. The predicted molar refractivity (Wildman–Crippen MR) is 96.2 cm³/mol. The number of benzene rings is 1. The predicted octanol–water partition coefficient (Wildman–Crippen LogP) is 3.67. The Balaban J connectivity index is 1.87. The van der Waals surface area contributed by atoms with Gasteiger partial charge in [-0.25, -0.2) is 9.50 Å². The van der Waals surface area contributed by atoms with Gasteiger partial charge in [0.1, 0.15) is 3.70 Å². The van der Waals surface area contributed by atoms with Gasteiger partial charge in [-0.3, -0.25) is 4.79 Å². The highest BCUT2D eigenvalue weighted by molar-refractivity contribution is 14.1. The van der Waals surface area contributed by atoms with E-state index in [1.807, 2.05) is 50.4 Å². The molecule has 1 atom stereocenters. The summed E-state index contributed by atoms with van der Waals surface area (Å²) in [7, 11) is 0. The highest BCUT2D eigenvalue weighted by atomic mass is 127. The lowest BCUT2D eigenvalue weighted by molar-refractivity contribution is -0.144. The maximum absolute atomic E-state index is 11.8. The quantitative estimate of drug-likeness (QED) is 0.477. The van der Waals surface area contributed by atoms with Crippen LogP contribution in [-0.2, 0) is 9.53 Å². The second-order valence-corrected chi connectivity index (χ2v) is 6.30. The molecule has 0 aliphatic rings. The van der Waals surface area contributed by atoms with Crippen LogP contribution in [0.15, 0.2) is 42.7 Å². The summed E-state index contributed by atoms with van der Waals surface area (Å²) in [5, 5.41) is 4.40. The molecule has 0 spiro atoms. The molecule has 0 amide bonds. The van der Waals surface area contributed by atoms with Crippen LogP contribution >= 0.6 is 22.6 Å². The molecular formula is C17H16IN3O2. The molecule has 3 rings (SSSR count). The van der Waals surface area contributed by atoms with E-state index in [2.05, 4.69) is 32.7 Å². The largest absolute Gasteiger partial charge is 0.466 e. The van der Waals surface area contributed by atoms with Crippen molar-refractivity contribution >= 4 is 34.2 Å². The Morgan fingerprint density at radius 2 is 2.00 bits per heavy atom. The van der Waals surface area contributed by atoms with Crippen LogP contribution in [0.3, 0.4) is 0 Å². The highest BCUT2D eigenvalue weighted by Gasteiger charge is 2.16. The topological polar surface area (TPSA) is 56.5 Å². The number of nitrogens with zero attached hydrogens (tertiary/aromatic N) is 3. The fourth-order valence-corrected chi connectivity index (χ4v) is 2.88. The van der Waals surface area contributed by atoms with Crippen molar-refractivity contribution in [3.63, 3.8) is 0 Å². The van der Waals surface area contributed by atoms with E-state index in [1.165, 1.54) is 0 Å². The molecule has 23 heavy (non-hydrogen) atoms. The molecule has 0 bridgehead atoms. The molecule has 0 radical (unpaired) electrons. The SMILES string of the molecule is CCOC(=O)C(C)c1ccc(-c2cnn3c(I)cnc3c2)cc1. The van der Waals surface area contributed by atoms with Gasteiger partial charge in [0.15, 0.2) is 5.65 Å². The molecule has 0 aliphatic heterocycles. The molecule has 5 nitrogen and oxygen atoms in total. The van der Waals surface area contributed by atoms with Crippen LogP contribution < -0.4 is 0 Å². The number of hydrogen-bond acceptors (Lipinski definition) is 4. The van der Waals surface area contributed by atoms with Crippen LogP contribution in [0.4, 0.5) is 0 Å². The third-order valence-electron chi connectivity index (χ3n) is 3.70. The first kappa shape index (κ1) is 15.9. The van der Waals surface area contributed by atoms with Crippen LogP contribution in [-0.4, -0.2) is 27.2 Å². The molecule has 0 N–H and O–H groups in total. The molecule has 3 aromatic rings. The first-order valence-electron chi connectivity index (χ1n) is 7.36. The van der Waals surface area contributed by atoms with Gasteiger partial charge in [0.05, 0.1) is 24.9 Å². The fraction of sp³-hybridized carbons (Fsp3) is 0.235. The van der Waals surface area contributed by atoms with Crippen LogP contribution in [0.25, 0.3) is 16.8 Å². The Morgan fingerprint density at radius 3 is 2.70 bits per heavy atom. The second kappa shape index (κ2) is 6.66. The number of carbonyl (C=O) groups is 1. The Kier molecular flexibility index (Phi) is 4.61. The monoisotopic (exact) mass is 421 g/mol. The molecule has 0 saturated carbocycles. The maximum atomic E-state index is 11.8. The lowest BCUT2D eigenvalue weighted by atomic mass is 9.98. The zero-order valence-electron chi connectivity index (χ0n) is 12.9. The Labute approximate surface area is 147 Å². The van der Waals surface area contributed by atoms with Crippen molar-refractivity contribution in [2.75, 3.05) is 6.61 Å². The molecule has 0 aliphatic carbocycles. The lowest BCUT2D eigenvalue weighted by Gasteiger charge is -2.11. The van der Waals surface area contributed by atoms with Gasteiger partial charge in [0.25, 0.3) is 0 Å². The molecule has 2 aromatic heterocycles. The van der Waals surface area contributed by atoms with Gasteiger partial charge in [-0.05, 0) is 53.6 Å². The van der Waals surface area contributed by atoms with Gasteiger partial charge in [-0.1, -0.05) is 24.3 Å². The van der Waals surface area contributed by atoms with Gasteiger partial charge < -0.3 is 4.74 Å². The first-order valence-corrected chi connectivity index (χ1v) is 8.44. The van der Waals surface area contributed by atoms with Crippen LogP contribution in [0, 0.1) is 3.70 Å². The molecule has 0 fully saturated rings. The number of rotatable bonds is 4. The van der Waals surface area contributed by atoms with E-state index >= 15 is 0 Å². The Hall–Kier alpha value is -1.96.